The summed E-state index contributed by atoms with van der Waals surface area (Å²) in [5.41, 5.74) is 0. The first-order chi connectivity index (χ1) is 8.63. The number of rotatable bonds is 9. The van der Waals surface area contributed by atoms with Crippen molar-refractivity contribution in [3.63, 3.8) is 0 Å². The fraction of sp³-hybridized carbons (Fsp3) is 0.643. The number of Topliss-reactive ketones (excluding diaryl/α,β-unsaturated/α-hetero) is 1. The van der Waals surface area contributed by atoms with Crippen molar-refractivity contribution in [3.05, 3.63) is 20.8 Å². The molecule has 1 aromatic rings. The van der Waals surface area contributed by atoms with Gasteiger partial charge < -0.3 is 4.74 Å². The van der Waals surface area contributed by atoms with Crippen LogP contribution in [0.2, 0.25) is 0 Å². The summed E-state index contributed by atoms with van der Waals surface area (Å²) < 4.78 is 6.57. The second kappa shape index (κ2) is 8.83. The van der Waals surface area contributed by atoms with Gasteiger partial charge in [-0.3, -0.25) is 4.79 Å². The first-order valence-corrected chi connectivity index (χ1v) is 8.14. The maximum absolute atomic E-state index is 11.8. The van der Waals surface area contributed by atoms with Crippen molar-refractivity contribution in [1.82, 2.24) is 0 Å². The Balaban J connectivity index is 2.18. The molecule has 1 heterocycles. The lowest BCUT2D eigenvalue weighted by molar-refractivity contribution is 0.0486. The van der Waals surface area contributed by atoms with E-state index in [1.165, 1.54) is 37.0 Å². The van der Waals surface area contributed by atoms with Crippen LogP contribution in [-0.2, 0) is 4.74 Å². The second-order valence-electron chi connectivity index (χ2n) is 4.50. The van der Waals surface area contributed by atoms with Crippen molar-refractivity contribution >= 4 is 33.0 Å². The number of carbonyl (C=O) groups excluding carboxylic acids is 1. The molecule has 0 aliphatic rings. The predicted molar refractivity (Wildman–Crippen MR) is 80.5 cm³/mol. The molecule has 1 aromatic heterocycles. The number of ether oxygens (including phenoxy) is 1. The maximum atomic E-state index is 11.8. The minimum atomic E-state index is 0.0751. The molecule has 1 rings (SSSR count). The van der Waals surface area contributed by atoms with Crippen molar-refractivity contribution in [3.8, 4) is 0 Å². The van der Waals surface area contributed by atoms with Crippen molar-refractivity contribution in [2.75, 3.05) is 6.61 Å². The number of carbonyl (C=O) groups is 1. The molecule has 0 saturated heterocycles. The van der Waals surface area contributed by atoms with Gasteiger partial charge in [-0.25, -0.2) is 0 Å². The van der Waals surface area contributed by atoms with E-state index in [1.54, 1.807) is 0 Å². The van der Waals surface area contributed by atoms with Gasteiger partial charge in [-0.1, -0.05) is 32.6 Å². The highest BCUT2D eigenvalue weighted by atomic mass is 79.9. The van der Waals surface area contributed by atoms with Crippen LogP contribution in [0.15, 0.2) is 15.9 Å². The van der Waals surface area contributed by atoms with Crippen LogP contribution in [0.3, 0.4) is 0 Å². The van der Waals surface area contributed by atoms with Gasteiger partial charge in [-0.2, -0.15) is 0 Å². The number of thiophene rings is 1. The Morgan fingerprint density at radius 2 is 2.17 bits per heavy atom. The van der Waals surface area contributed by atoms with Gasteiger partial charge in [0, 0.05) is 0 Å². The highest BCUT2D eigenvalue weighted by Gasteiger charge is 2.11. The topological polar surface area (TPSA) is 26.3 Å². The summed E-state index contributed by atoms with van der Waals surface area (Å²) in [5.74, 6) is 0.0751. The van der Waals surface area contributed by atoms with E-state index in [2.05, 4.69) is 22.9 Å². The molecule has 0 fully saturated rings. The van der Waals surface area contributed by atoms with E-state index < -0.39 is 0 Å². The van der Waals surface area contributed by atoms with Crippen molar-refractivity contribution in [2.24, 2.45) is 0 Å². The Bertz CT molecular complexity index is 362. The monoisotopic (exact) mass is 332 g/mol. The van der Waals surface area contributed by atoms with E-state index in [9.17, 15) is 4.79 Å². The summed E-state index contributed by atoms with van der Waals surface area (Å²) in [4.78, 5) is 12.6. The quantitative estimate of drug-likeness (QED) is 0.466. The van der Waals surface area contributed by atoms with E-state index in [4.69, 9.17) is 4.74 Å². The molecule has 102 valence electrons. The first-order valence-electron chi connectivity index (χ1n) is 6.53. The van der Waals surface area contributed by atoms with Crippen molar-refractivity contribution in [1.29, 1.82) is 0 Å². The van der Waals surface area contributed by atoms with Gasteiger partial charge in [0.15, 0.2) is 5.78 Å². The zero-order valence-corrected chi connectivity index (χ0v) is 13.5. The summed E-state index contributed by atoms with van der Waals surface area (Å²) in [5, 5.41) is 0. The molecule has 0 aliphatic carbocycles. The van der Waals surface area contributed by atoms with Crippen LogP contribution in [0.4, 0.5) is 0 Å². The Kier molecular flexibility index (Phi) is 7.79. The Labute approximate surface area is 122 Å². The molecular formula is C14H21BrO2S. The summed E-state index contributed by atoms with van der Waals surface area (Å²) in [7, 11) is 0. The zero-order chi connectivity index (χ0) is 13.4. The molecule has 1 atom stereocenters. The second-order valence-corrected chi connectivity index (χ2v) is 6.96. The van der Waals surface area contributed by atoms with Crippen LogP contribution in [-0.4, -0.2) is 18.5 Å². The summed E-state index contributed by atoms with van der Waals surface area (Å²) in [6, 6.07) is 3.73. The van der Waals surface area contributed by atoms with E-state index in [0.717, 1.165) is 15.1 Å². The highest BCUT2D eigenvalue weighted by molar-refractivity contribution is 9.11. The highest BCUT2D eigenvalue weighted by Crippen LogP contribution is 2.22. The third-order valence-electron chi connectivity index (χ3n) is 2.81. The molecule has 2 nitrogen and oxygen atoms in total. The molecule has 0 bridgehead atoms. The fourth-order valence-corrected chi connectivity index (χ4v) is 3.01. The van der Waals surface area contributed by atoms with Crippen LogP contribution in [0.5, 0.6) is 0 Å². The van der Waals surface area contributed by atoms with Crippen LogP contribution in [0, 0.1) is 0 Å². The van der Waals surface area contributed by atoms with Crippen LogP contribution < -0.4 is 0 Å². The summed E-state index contributed by atoms with van der Waals surface area (Å²) >= 11 is 4.81. The number of halogens is 1. The molecule has 0 N–H and O–H groups in total. The minimum absolute atomic E-state index is 0.0751. The minimum Gasteiger partial charge on any atom is -0.370 e. The van der Waals surface area contributed by atoms with Gasteiger partial charge in [0.2, 0.25) is 0 Å². The molecule has 4 heteroatoms. The number of ketones is 1. The maximum Gasteiger partial charge on any atom is 0.198 e. The van der Waals surface area contributed by atoms with Gasteiger partial charge in [0.25, 0.3) is 0 Å². The molecule has 18 heavy (non-hydrogen) atoms. The lowest BCUT2D eigenvalue weighted by Crippen LogP contribution is -2.15. The smallest absolute Gasteiger partial charge is 0.198 e. The lowest BCUT2D eigenvalue weighted by atomic mass is 10.1. The largest absolute Gasteiger partial charge is 0.370 e. The van der Waals surface area contributed by atoms with E-state index >= 15 is 0 Å². The van der Waals surface area contributed by atoms with E-state index in [1.807, 2.05) is 19.1 Å². The third kappa shape index (κ3) is 6.12. The summed E-state index contributed by atoms with van der Waals surface area (Å²) in [6.07, 6.45) is 6.20. The Morgan fingerprint density at radius 3 is 2.78 bits per heavy atom. The number of hydrogen-bond donors (Lipinski definition) is 0. The van der Waals surface area contributed by atoms with Gasteiger partial charge >= 0.3 is 0 Å². The number of unbranched alkanes of at least 4 members (excludes halogenated alkanes) is 3. The van der Waals surface area contributed by atoms with Gasteiger partial charge in [0.05, 0.1) is 14.8 Å². The lowest BCUT2D eigenvalue weighted by Gasteiger charge is -2.11. The predicted octanol–water partition coefficient (Wildman–Crippen LogP) is 5.07. The van der Waals surface area contributed by atoms with Crippen molar-refractivity contribution < 1.29 is 9.53 Å². The molecule has 0 aliphatic heterocycles. The Morgan fingerprint density at radius 1 is 1.39 bits per heavy atom. The van der Waals surface area contributed by atoms with Gasteiger partial charge in [0.1, 0.15) is 6.61 Å². The fourth-order valence-electron chi connectivity index (χ4n) is 1.70. The van der Waals surface area contributed by atoms with Gasteiger partial charge in [-0.05, 0) is 41.4 Å². The van der Waals surface area contributed by atoms with Gasteiger partial charge in [-0.15, -0.1) is 11.3 Å². The van der Waals surface area contributed by atoms with E-state index in [0.29, 0.717) is 0 Å². The average Bonchev–Trinajstić information content (AvgIpc) is 2.78. The van der Waals surface area contributed by atoms with E-state index in [-0.39, 0.29) is 18.5 Å². The van der Waals surface area contributed by atoms with Crippen LogP contribution in [0.1, 0.15) is 55.6 Å². The normalized spacial score (nSPS) is 12.6. The molecule has 0 spiro atoms. The molecular weight excluding hydrogens is 312 g/mol. The average molecular weight is 333 g/mol. The van der Waals surface area contributed by atoms with Crippen LogP contribution >= 0.6 is 27.3 Å². The SMILES string of the molecule is CCCCCCC(C)OCC(=O)c1ccc(Br)s1. The number of hydrogen-bond acceptors (Lipinski definition) is 3. The first kappa shape index (κ1) is 15.9. The van der Waals surface area contributed by atoms with Crippen LogP contribution in [0.25, 0.3) is 0 Å². The zero-order valence-electron chi connectivity index (χ0n) is 11.1. The molecule has 0 aromatic carbocycles. The summed E-state index contributed by atoms with van der Waals surface area (Å²) in [6.45, 7) is 4.45. The molecule has 0 saturated carbocycles. The third-order valence-corrected chi connectivity index (χ3v) is 4.48. The van der Waals surface area contributed by atoms with Crippen molar-refractivity contribution in [2.45, 2.75) is 52.1 Å². The molecule has 1 unspecified atom stereocenters. The molecule has 0 amide bonds. The Hall–Kier alpha value is -0.190. The standard InChI is InChI=1S/C14H21BrO2S/c1-3-4-5-6-7-11(2)17-10-12(16)13-8-9-14(15)18-13/h8-9,11H,3-7,10H2,1-2H3. The molecule has 0 radical (unpaired) electrons.